The predicted molar refractivity (Wildman–Crippen MR) is 95.8 cm³/mol. The third-order valence-corrected chi connectivity index (χ3v) is 4.75. The van der Waals surface area contributed by atoms with Gasteiger partial charge in [0.15, 0.2) is 6.61 Å². The average molecular weight is 355 g/mol. The van der Waals surface area contributed by atoms with Crippen LogP contribution in [0, 0.1) is 0 Å². The third kappa shape index (κ3) is 5.10. The molecule has 1 atom stereocenters. The Morgan fingerprint density at radius 2 is 2.17 bits per heavy atom. The lowest BCUT2D eigenvalue weighted by molar-refractivity contribution is -0.139. The molecular weight excluding hydrogens is 328 g/mol. The Bertz CT molecular complexity index is 565. The summed E-state index contributed by atoms with van der Waals surface area (Å²) in [6.07, 6.45) is 1.12. The van der Waals surface area contributed by atoms with Crippen molar-refractivity contribution in [2.45, 2.75) is 45.8 Å². The molecule has 1 saturated heterocycles. The molecule has 0 spiro atoms. The molecule has 1 heterocycles. The van der Waals surface area contributed by atoms with Gasteiger partial charge in [-0.15, -0.1) is 0 Å². The van der Waals surface area contributed by atoms with Crippen molar-refractivity contribution in [2.75, 3.05) is 26.2 Å². The van der Waals surface area contributed by atoms with Crippen LogP contribution in [0.1, 0.15) is 32.8 Å². The van der Waals surface area contributed by atoms with Gasteiger partial charge in [-0.25, -0.2) is 4.79 Å². The van der Waals surface area contributed by atoms with Crippen molar-refractivity contribution in [3.63, 3.8) is 0 Å². The molecule has 0 amide bonds. The fourth-order valence-electron chi connectivity index (χ4n) is 3.31. The summed E-state index contributed by atoms with van der Waals surface area (Å²) in [6.45, 7) is 10.1. The van der Waals surface area contributed by atoms with Gasteiger partial charge in [0.25, 0.3) is 0 Å². The SMILES string of the molecule is CCC1CN(Cc2cc(Cl)ccc2OCC(=O)O)CCN1C(C)C. The Morgan fingerprint density at radius 1 is 1.42 bits per heavy atom. The van der Waals surface area contributed by atoms with E-state index in [4.69, 9.17) is 21.4 Å². The highest BCUT2D eigenvalue weighted by atomic mass is 35.5. The number of aliphatic carboxylic acids is 1. The Kier molecular flexibility index (Phi) is 6.90. The number of rotatable bonds is 7. The lowest BCUT2D eigenvalue weighted by Crippen LogP contribution is -2.54. The molecule has 1 aromatic rings. The fourth-order valence-corrected chi connectivity index (χ4v) is 3.51. The first-order valence-electron chi connectivity index (χ1n) is 8.51. The molecule has 0 aromatic heterocycles. The standard InChI is InChI=1S/C18H27ClN2O3/c1-4-16-11-20(7-8-21(16)13(2)3)10-14-9-15(19)5-6-17(14)24-12-18(22)23/h5-6,9,13,16H,4,7-8,10-12H2,1-3H3,(H,22,23). The molecule has 134 valence electrons. The van der Waals surface area contributed by atoms with E-state index in [-0.39, 0.29) is 6.61 Å². The van der Waals surface area contributed by atoms with Crippen molar-refractivity contribution < 1.29 is 14.6 Å². The molecule has 0 bridgehead atoms. The number of hydrogen-bond donors (Lipinski definition) is 1. The minimum absolute atomic E-state index is 0.340. The topological polar surface area (TPSA) is 53.0 Å². The molecule has 5 nitrogen and oxygen atoms in total. The first-order chi connectivity index (χ1) is 11.4. The van der Waals surface area contributed by atoms with E-state index in [2.05, 4.69) is 30.6 Å². The molecular formula is C18H27ClN2O3. The fraction of sp³-hybridized carbons (Fsp3) is 0.611. The summed E-state index contributed by atoms with van der Waals surface area (Å²) in [5.74, 6) is -0.381. The minimum Gasteiger partial charge on any atom is -0.482 e. The molecule has 1 N–H and O–H groups in total. The number of nitrogens with zero attached hydrogens (tertiary/aromatic N) is 2. The van der Waals surface area contributed by atoms with E-state index >= 15 is 0 Å². The zero-order valence-corrected chi connectivity index (χ0v) is 15.4. The van der Waals surface area contributed by atoms with Gasteiger partial charge in [-0.3, -0.25) is 9.80 Å². The van der Waals surface area contributed by atoms with Crippen molar-refractivity contribution in [3.05, 3.63) is 28.8 Å². The second-order valence-corrected chi connectivity index (χ2v) is 7.00. The molecule has 24 heavy (non-hydrogen) atoms. The van der Waals surface area contributed by atoms with Gasteiger partial charge < -0.3 is 9.84 Å². The lowest BCUT2D eigenvalue weighted by Gasteiger charge is -2.43. The van der Waals surface area contributed by atoms with Crippen molar-refractivity contribution >= 4 is 17.6 Å². The molecule has 1 aromatic carbocycles. The van der Waals surface area contributed by atoms with E-state index in [9.17, 15) is 4.79 Å². The van der Waals surface area contributed by atoms with Crippen molar-refractivity contribution in [1.29, 1.82) is 0 Å². The van der Waals surface area contributed by atoms with Crippen LogP contribution >= 0.6 is 11.6 Å². The van der Waals surface area contributed by atoms with E-state index < -0.39 is 5.97 Å². The number of piperazine rings is 1. The molecule has 1 fully saturated rings. The number of ether oxygens (including phenoxy) is 1. The van der Waals surface area contributed by atoms with E-state index in [0.717, 1.165) is 38.2 Å². The molecule has 0 radical (unpaired) electrons. The summed E-state index contributed by atoms with van der Waals surface area (Å²) in [7, 11) is 0. The maximum atomic E-state index is 10.8. The second-order valence-electron chi connectivity index (χ2n) is 6.56. The molecule has 1 aliphatic heterocycles. The molecule has 0 saturated carbocycles. The zero-order valence-electron chi connectivity index (χ0n) is 14.7. The van der Waals surface area contributed by atoms with Crippen LogP contribution in [0.3, 0.4) is 0 Å². The number of benzene rings is 1. The van der Waals surface area contributed by atoms with Crippen LogP contribution in [0.15, 0.2) is 18.2 Å². The normalized spacial score (nSPS) is 19.6. The third-order valence-electron chi connectivity index (χ3n) is 4.51. The minimum atomic E-state index is -0.979. The number of carboxylic acid groups (broad SMARTS) is 1. The highest BCUT2D eigenvalue weighted by Gasteiger charge is 2.27. The van der Waals surface area contributed by atoms with Crippen LogP contribution < -0.4 is 4.74 Å². The first-order valence-corrected chi connectivity index (χ1v) is 8.89. The van der Waals surface area contributed by atoms with Crippen LogP contribution in [-0.2, 0) is 11.3 Å². The van der Waals surface area contributed by atoms with Crippen LogP contribution in [0.4, 0.5) is 0 Å². The van der Waals surface area contributed by atoms with Gasteiger partial charge in [0.1, 0.15) is 5.75 Å². The van der Waals surface area contributed by atoms with Gasteiger partial charge in [-0.2, -0.15) is 0 Å². The quantitative estimate of drug-likeness (QED) is 0.815. The molecule has 6 heteroatoms. The highest BCUT2D eigenvalue weighted by molar-refractivity contribution is 6.30. The Hall–Kier alpha value is -1.30. The lowest BCUT2D eigenvalue weighted by atomic mass is 10.1. The summed E-state index contributed by atoms with van der Waals surface area (Å²) in [5, 5.41) is 9.46. The van der Waals surface area contributed by atoms with E-state index in [0.29, 0.717) is 22.9 Å². The summed E-state index contributed by atoms with van der Waals surface area (Å²) in [5.41, 5.74) is 0.941. The molecule has 0 aliphatic carbocycles. The van der Waals surface area contributed by atoms with Crippen LogP contribution in [0.5, 0.6) is 5.75 Å². The van der Waals surface area contributed by atoms with Gasteiger partial charge in [-0.05, 0) is 38.5 Å². The Balaban J connectivity index is 2.07. The largest absolute Gasteiger partial charge is 0.482 e. The summed E-state index contributed by atoms with van der Waals surface area (Å²) < 4.78 is 5.41. The second kappa shape index (κ2) is 8.70. The zero-order chi connectivity index (χ0) is 17.7. The molecule has 2 rings (SSSR count). The van der Waals surface area contributed by atoms with Crippen LogP contribution in [0.2, 0.25) is 5.02 Å². The van der Waals surface area contributed by atoms with Gasteiger partial charge in [-0.1, -0.05) is 18.5 Å². The number of halogens is 1. The van der Waals surface area contributed by atoms with Gasteiger partial charge >= 0.3 is 5.97 Å². The monoisotopic (exact) mass is 354 g/mol. The number of hydrogen-bond acceptors (Lipinski definition) is 4. The van der Waals surface area contributed by atoms with Crippen molar-refractivity contribution in [1.82, 2.24) is 9.80 Å². The smallest absolute Gasteiger partial charge is 0.341 e. The maximum Gasteiger partial charge on any atom is 0.341 e. The summed E-state index contributed by atoms with van der Waals surface area (Å²) in [4.78, 5) is 15.7. The van der Waals surface area contributed by atoms with E-state index in [1.54, 1.807) is 12.1 Å². The Labute approximate surface area is 149 Å². The van der Waals surface area contributed by atoms with Gasteiger partial charge in [0, 0.05) is 48.8 Å². The van der Waals surface area contributed by atoms with Gasteiger partial charge in [0.2, 0.25) is 0 Å². The van der Waals surface area contributed by atoms with Crippen molar-refractivity contribution in [3.8, 4) is 5.75 Å². The van der Waals surface area contributed by atoms with Crippen molar-refractivity contribution in [2.24, 2.45) is 0 Å². The summed E-state index contributed by atoms with van der Waals surface area (Å²) in [6, 6.07) is 6.45. The molecule has 1 aliphatic rings. The summed E-state index contributed by atoms with van der Waals surface area (Å²) >= 11 is 6.12. The highest BCUT2D eigenvalue weighted by Crippen LogP contribution is 2.26. The first kappa shape index (κ1) is 19.0. The molecule has 1 unspecified atom stereocenters. The average Bonchev–Trinajstić information content (AvgIpc) is 2.53. The number of carbonyl (C=O) groups is 1. The van der Waals surface area contributed by atoms with Crippen LogP contribution in [0.25, 0.3) is 0 Å². The Morgan fingerprint density at radius 3 is 2.79 bits per heavy atom. The van der Waals surface area contributed by atoms with Crippen LogP contribution in [-0.4, -0.2) is 59.2 Å². The van der Waals surface area contributed by atoms with E-state index in [1.807, 2.05) is 6.07 Å². The maximum absolute atomic E-state index is 10.8. The van der Waals surface area contributed by atoms with E-state index in [1.165, 1.54) is 0 Å². The number of carboxylic acids is 1. The van der Waals surface area contributed by atoms with Gasteiger partial charge in [0.05, 0.1) is 0 Å². The predicted octanol–water partition coefficient (Wildman–Crippen LogP) is 3.11.